The second kappa shape index (κ2) is 15.4. The Morgan fingerprint density at radius 1 is 0.685 bits per heavy atom. The Morgan fingerprint density at radius 3 is 2.06 bits per heavy atom. The molecule has 0 saturated carbocycles. The van der Waals surface area contributed by atoms with Gasteiger partial charge in [0.05, 0.1) is 16.9 Å². The van der Waals surface area contributed by atoms with Gasteiger partial charge in [-0.15, -0.1) is 0 Å². The molecule has 54 heavy (non-hydrogen) atoms. The van der Waals surface area contributed by atoms with Crippen LogP contribution in [0.2, 0.25) is 0 Å². The Labute approximate surface area is 320 Å². The van der Waals surface area contributed by atoms with Crippen molar-refractivity contribution >= 4 is 58.9 Å². The molecule has 2 aliphatic rings. The van der Waals surface area contributed by atoms with Crippen molar-refractivity contribution < 1.29 is 30.5 Å². The van der Waals surface area contributed by atoms with Crippen molar-refractivity contribution in [1.82, 2.24) is 0 Å². The number of aryl methyl sites for hydroxylation is 1. The molecule has 0 aliphatic carbocycles. The number of hydrogen-bond acceptors (Lipinski definition) is 5. The minimum absolute atomic E-state index is 0.253. The van der Waals surface area contributed by atoms with E-state index in [0.717, 1.165) is 22.8 Å². The standard InChI is InChI=1S/C44H50N2O6S2/c1-32-21-22-34-24-26-38-42(36(34)31-32)44(4,5)40(46(38)28-14-16-30-54(50,51)52)20-10-8-6-7-9-19-39-43(2,3)41-35-18-12-11-17-33(35)23-25-37(41)45(39)27-13-15-29-53(47,48)49/h6-12,17-26,31H,13-16,27-30H2,1-5H3,(H-,47,48,49,50,51,52)/p+1. The number of hydrogen-bond donors (Lipinski definition) is 2. The monoisotopic (exact) mass is 767 g/mol. The van der Waals surface area contributed by atoms with E-state index in [-0.39, 0.29) is 22.3 Å². The number of rotatable bonds is 14. The zero-order chi connectivity index (χ0) is 38.9. The third kappa shape index (κ3) is 8.32. The van der Waals surface area contributed by atoms with Crippen LogP contribution in [-0.2, 0) is 31.1 Å². The molecule has 0 fully saturated rings. The van der Waals surface area contributed by atoms with Gasteiger partial charge in [-0.25, -0.2) is 0 Å². The summed E-state index contributed by atoms with van der Waals surface area (Å²) in [6.07, 6.45) is 16.3. The van der Waals surface area contributed by atoms with E-state index in [4.69, 9.17) is 0 Å². The van der Waals surface area contributed by atoms with Gasteiger partial charge in [-0.2, -0.15) is 21.4 Å². The molecule has 0 aromatic heterocycles. The lowest BCUT2D eigenvalue weighted by molar-refractivity contribution is -0.438. The number of benzene rings is 4. The predicted molar refractivity (Wildman–Crippen MR) is 223 cm³/mol. The van der Waals surface area contributed by atoms with E-state index >= 15 is 0 Å². The second-order valence-electron chi connectivity index (χ2n) is 15.5. The number of anilines is 1. The molecule has 0 saturated heterocycles. The summed E-state index contributed by atoms with van der Waals surface area (Å²) >= 11 is 0. The van der Waals surface area contributed by atoms with Gasteiger partial charge in [0.25, 0.3) is 20.2 Å². The van der Waals surface area contributed by atoms with Gasteiger partial charge in [0.1, 0.15) is 6.54 Å². The SMILES string of the molecule is Cc1ccc2ccc3c(c2c1)C(C)(C)C(C=CC=CC=CC=C1N(CCCCS(=O)(=O)O)c2ccc4ccccc4c2C1(C)C)=[N+]3CCCCS(=O)(=O)O. The van der Waals surface area contributed by atoms with Crippen LogP contribution in [0.25, 0.3) is 21.5 Å². The van der Waals surface area contributed by atoms with Crippen LogP contribution in [0.5, 0.6) is 0 Å². The van der Waals surface area contributed by atoms with E-state index in [1.807, 2.05) is 36.4 Å². The number of nitrogens with zero attached hydrogens (tertiary/aromatic N) is 2. The highest BCUT2D eigenvalue weighted by atomic mass is 32.2. The third-order valence-electron chi connectivity index (χ3n) is 10.8. The average Bonchev–Trinajstić information content (AvgIpc) is 3.45. The molecule has 6 rings (SSSR count). The van der Waals surface area contributed by atoms with Gasteiger partial charge < -0.3 is 4.90 Å². The third-order valence-corrected chi connectivity index (χ3v) is 12.4. The van der Waals surface area contributed by atoms with E-state index < -0.39 is 20.2 Å². The van der Waals surface area contributed by atoms with Crippen LogP contribution in [0.3, 0.4) is 0 Å². The molecule has 2 N–H and O–H groups in total. The minimum atomic E-state index is -4.01. The van der Waals surface area contributed by atoms with Gasteiger partial charge in [0.15, 0.2) is 5.71 Å². The smallest absolute Gasteiger partial charge is 0.264 e. The zero-order valence-electron chi connectivity index (χ0n) is 31.8. The molecule has 2 aliphatic heterocycles. The van der Waals surface area contributed by atoms with Crippen LogP contribution in [0.4, 0.5) is 11.4 Å². The molecule has 4 aromatic carbocycles. The second-order valence-corrected chi connectivity index (χ2v) is 18.6. The fourth-order valence-corrected chi connectivity index (χ4v) is 9.45. The summed E-state index contributed by atoms with van der Waals surface area (Å²) in [5, 5.41) is 4.77. The van der Waals surface area contributed by atoms with Gasteiger partial charge in [-0.05, 0) is 85.4 Å². The number of unbranched alkanes of at least 4 members (excludes halogenated alkanes) is 2. The molecule has 0 amide bonds. The van der Waals surface area contributed by atoms with Gasteiger partial charge in [0.2, 0.25) is 5.69 Å². The van der Waals surface area contributed by atoms with Crippen molar-refractivity contribution in [1.29, 1.82) is 0 Å². The lowest BCUT2D eigenvalue weighted by atomic mass is 9.79. The van der Waals surface area contributed by atoms with Crippen LogP contribution in [0, 0.1) is 6.92 Å². The van der Waals surface area contributed by atoms with Gasteiger partial charge in [0, 0.05) is 47.5 Å². The molecule has 10 heteroatoms. The quantitative estimate of drug-likeness (QED) is 0.0569. The Kier molecular flexibility index (Phi) is 11.2. The van der Waals surface area contributed by atoms with Gasteiger partial charge in [-0.1, -0.05) is 98.3 Å². The topological polar surface area (TPSA) is 115 Å². The summed E-state index contributed by atoms with van der Waals surface area (Å²) in [5.41, 5.74) is 7.56. The normalized spacial score (nSPS) is 17.7. The Morgan fingerprint density at radius 2 is 1.31 bits per heavy atom. The van der Waals surface area contributed by atoms with Crippen molar-refractivity contribution in [2.45, 2.75) is 71.1 Å². The first-order chi connectivity index (χ1) is 25.5. The molecule has 4 aromatic rings. The summed E-state index contributed by atoms with van der Waals surface area (Å²) in [7, 11) is -8.02. The maximum absolute atomic E-state index is 11.4. The fraction of sp³-hybridized carbons (Fsp3) is 0.341. The van der Waals surface area contributed by atoms with E-state index in [2.05, 4.69) is 117 Å². The first-order valence-corrected chi connectivity index (χ1v) is 21.8. The Bertz CT molecular complexity index is 2470. The molecule has 284 valence electrons. The highest BCUT2D eigenvalue weighted by molar-refractivity contribution is 7.86. The van der Waals surface area contributed by atoms with Crippen molar-refractivity contribution in [2.24, 2.45) is 0 Å². The predicted octanol–water partition coefficient (Wildman–Crippen LogP) is 9.36. The van der Waals surface area contributed by atoms with Gasteiger partial charge in [-0.3, -0.25) is 9.11 Å². The van der Waals surface area contributed by atoms with Crippen molar-refractivity contribution in [3.05, 3.63) is 132 Å². The Hall–Kier alpha value is -4.35. The van der Waals surface area contributed by atoms with Gasteiger partial charge >= 0.3 is 0 Å². The van der Waals surface area contributed by atoms with E-state index in [9.17, 15) is 25.9 Å². The zero-order valence-corrected chi connectivity index (χ0v) is 33.4. The molecule has 2 heterocycles. The van der Waals surface area contributed by atoms with Crippen LogP contribution in [0.1, 0.15) is 70.1 Å². The van der Waals surface area contributed by atoms with Crippen LogP contribution in [-0.4, -0.2) is 60.8 Å². The summed E-state index contributed by atoms with van der Waals surface area (Å²) in [4.78, 5) is 2.28. The van der Waals surface area contributed by atoms with Crippen LogP contribution in [0.15, 0.2) is 115 Å². The highest BCUT2D eigenvalue weighted by Gasteiger charge is 2.45. The molecular weight excluding hydrogens is 717 g/mol. The summed E-state index contributed by atoms with van der Waals surface area (Å²) in [6.45, 7) is 12.3. The molecule has 0 radical (unpaired) electrons. The lowest BCUT2D eigenvalue weighted by Gasteiger charge is -2.27. The molecule has 0 atom stereocenters. The molecule has 0 unspecified atom stereocenters. The van der Waals surface area contributed by atoms with Crippen molar-refractivity contribution in [3.63, 3.8) is 0 Å². The van der Waals surface area contributed by atoms with E-state index in [0.29, 0.717) is 38.8 Å². The summed E-state index contributed by atoms with van der Waals surface area (Å²) in [6, 6.07) is 23.5. The summed E-state index contributed by atoms with van der Waals surface area (Å²) < 4.78 is 66.5. The fourth-order valence-electron chi connectivity index (χ4n) is 8.31. The van der Waals surface area contributed by atoms with Crippen molar-refractivity contribution in [3.8, 4) is 0 Å². The molecule has 0 spiro atoms. The summed E-state index contributed by atoms with van der Waals surface area (Å²) in [5.74, 6) is -0.507. The van der Waals surface area contributed by atoms with E-state index in [1.165, 1.54) is 38.2 Å². The number of fused-ring (bicyclic) bond motifs is 6. The van der Waals surface area contributed by atoms with E-state index in [1.54, 1.807) is 0 Å². The first kappa shape index (κ1) is 39.3. The highest BCUT2D eigenvalue weighted by Crippen LogP contribution is 2.51. The van der Waals surface area contributed by atoms with Crippen molar-refractivity contribution in [2.75, 3.05) is 29.5 Å². The molecule has 8 nitrogen and oxygen atoms in total. The molecule has 0 bridgehead atoms. The lowest BCUT2D eigenvalue weighted by Crippen LogP contribution is -2.28. The number of allylic oxidation sites excluding steroid dienone is 8. The minimum Gasteiger partial charge on any atom is -0.344 e. The maximum atomic E-state index is 11.4. The molecular formula is C44H51N2O6S2+. The maximum Gasteiger partial charge on any atom is 0.264 e. The van der Waals surface area contributed by atoms with Crippen LogP contribution < -0.4 is 4.90 Å². The average molecular weight is 768 g/mol. The first-order valence-electron chi connectivity index (χ1n) is 18.6. The largest absolute Gasteiger partial charge is 0.344 e. The Balaban J connectivity index is 1.26. The van der Waals surface area contributed by atoms with Crippen LogP contribution >= 0.6 is 0 Å².